The average molecular weight is 460 g/mol. The smallest absolute Gasteiger partial charge is 0.434 e. The Balaban J connectivity index is 1.51. The number of benzene rings is 1. The van der Waals surface area contributed by atoms with E-state index in [4.69, 9.17) is 4.74 Å². The second-order valence-corrected chi connectivity index (χ2v) is 7.81. The molecule has 0 spiro atoms. The number of hydrogen-bond donors (Lipinski definition) is 0. The molecule has 0 bridgehead atoms. The van der Waals surface area contributed by atoms with Crippen LogP contribution in [-0.2, 0) is 12.7 Å². The van der Waals surface area contributed by atoms with Crippen LogP contribution >= 0.6 is 0 Å². The van der Waals surface area contributed by atoms with Crippen LogP contribution in [0.3, 0.4) is 0 Å². The van der Waals surface area contributed by atoms with Crippen molar-refractivity contribution in [2.75, 3.05) is 33.3 Å². The first-order chi connectivity index (χ1) is 15.8. The number of halogens is 3. The Kier molecular flexibility index (Phi) is 6.32. The number of methoxy groups -OCH3 is 1. The van der Waals surface area contributed by atoms with E-state index in [9.17, 15) is 18.0 Å². The lowest BCUT2D eigenvalue weighted by Crippen LogP contribution is -2.48. The van der Waals surface area contributed by atoms with Gasteiger partial charge in [-0.25, -0.2) is 4.68 Å². The summed E-state index contributed by atoms with van der Waals surface area (Å²) in [7, 11) is 1.37. The summed E-state index contributed by atoms with van der Waals surface area (Å²) in [6.07, 6.45) is -3.87. The summed E-state index contributed by atoms with van der Waals surface area (Å²) in [6.45, 7) is 4.55. The highest BCUT2D eigenvalue weighted by Gasteiger charge is 2.42. The van der Waals surface area contributed by atoms with E-state index in [1.807, 2.05) is 25.1 Å². The Morgan fingerprint density at radius 1 is 1.09 bits per heavy atom. The quantitative estimate of drug-likeness (QED) is 0.583. The van der Waals surface area contributed by atoms with Crippen molar-refractivity contribution in [3.8, 4) is 11.7 Å². The summed E-state index contributed by atoms with van der Waals surface area (Å²) >= 11 is 0. The predicted octanol–water partition coefficient (Wildman–Crippen LogP) is 2.96. The first-order valence-electron chi connectivity index (χ1n) is 10.4. The number of carbonyl (C=O) groups excluding carboxylic acids is 1. The van der Waals surface area contributed by atoms with E-state index in [1.54, 1.807) is 0 Å². The largest absolute Gasteiger partial charge is 0.480 e. The first kappa shape index (κ1) is 22.7. The molecule has 0 aliphatic carbocycles. The molecule has 1 aliphatic heterocycles. The number of piperazine rings is 1. The molecule has 3 heterocycles. The van der Waals surface area contributed by atoms with Gasteiger partial charge in [-0.3, -0.25) is 9.69 Å². The fourth-order valence-electron chi connectivity index (χ4n) is 3.83. The lowest BCUT2D eigenvalue weighted by molar-refractivity contribution is -0.143. The number of alkyl halides is 3. The minimum absolute atomic E-state index is 0.152. The topological polar surface area (TPSA) is 76.4 Å². The zero-order chi connectivity index (χ0) is 23.6. The van der Waals surface area contributed by atoms with Crippen LogP contribution in [0.4, 0.5) is 13.2 Å². The molecule has 0 radical (unpaired) electrons. The van der Waals surface area contributed by atoms with Crippen molar-refractivity contribution in [1.29, 1.82) is 0 Å². The minimum atomic E-state index is -4.81. The van der Waals surface area contributed by atoms with Gasteiger partial charge in [0.05, 0.1) is 18.9 Å². The molecule has 0 saturated carbocycles. The minimum Gasteiger partial charge on any atom is -0.480 e. The van der Waals surface area contributed by atoms with Gasteiger partial charge in [0.2, 0.25) is 5.88 Å². The molecule has 1 aliphatic rings. The number of carbonyl (C=O) groups is 1. The Hall–Kier alpha value is -3.47. The van der Waals surface area contributed by atoms with E-state index in [2.05, 4.69) is 26.3 Å². The molecule has 1 saturated heterocycles. The number of ether oxygens (including phenoxy) is 1. The van der Waals surface area contributed by atoms with Gasteiger partial charge in [-0.2, -0.15) is 18.3 Å². The monoisotopic (exact) mass is 460 g/mol. The zero-order valence-electron chi connectivity index (χ0n) is 18.2. The van der Waals surface area contributed by atoms with Crippen LogP contribution in [0.15, 0.2) is 42.6 Å². The number of aryl methyl sites for hydroxylation is 1. The number of rotatable bonds is 5. The lowest BCUT2D eigenvalue weighted by atomic mass is 10.1. The van der Waals surface area contributed by atoms with Gasteiger partial charge in [-0.05, 0) is 18.6 Å². The summed E-state index contributed by atoms with van der Waals surface area (Å²) in [5, 5.41) is 11.2. The van der Waals surface area contributed by atoms with Crippen LogP contribution in [0.25, 0.3) is 5.82 Å². The zero-order valence-corrected chi connectivity index (χ0v) is 18.2. The van der Waals surface area contributed by atoms with Gasteiger partial charge in [0.15, 0.2) is 11.5 Å². The van der Waals surface area contributed by atoms with Crippen LogP contribution in [0.2, 0.25) is 0 Å². The molecule has 0 N–H and O–H groups in total. The molecule has 1 amide bonds. The molecule has 174 valence electrons. The van der Waals surface area contributed by atoms with Gasteiger partial charge in [0, 0.05) is 38.8 Å². The first-order valence-corrected chi connectivity index (χ1v) is 10.4. The van der Waals surface area contributed by atoms with Crippen molar-refractivity contribution in [1.82, 2.24) is 29.8 Å². The summed E-state index contributed by atoms with van der Waals surface area (Å²) in [4.78, 5) is 16.6. The maximum absolute atomic E-state index is 13.9. The Labute approximate surface area is 188 Å². The fourth-order valence-corrected chi connectivity index (χ4v) is 3.83. The molecule has 8 nitrogen and oxygen atoms in total. The molecule has 1 fully saturated rings. The van der Waals surface area contributed by atoms with Crippen LogP contribution in [0.1, 0.15) is 27.2 Å². The normalized spacial score (nSPS) is 15.0. The molecule has 3 aromatic rings. The summed E-state index contributed by atoms with van der Waals surface area (Å²) in [5.74, 6) is -0.713. The Morgan fingerprint density at radius 2 is 1.85 bits per heavy atom. The van der Waals surface area contributed by atoms with E-state index < -0.39 is 23.3 Å². The van der Waals surface area contributed by atoms with Gasteiger partial charge in [0.25, 0.3) is 5.91 Å². The van der Waals surface area contributed by atoms with Gasteiger partial charge in [-0.1, -0.05) is 29.8 Å². The van der Waals surface area contributed by atoms with Crippen LogP contribution in [-0.4, -0.2) is 69.0 Å². The summed E-state index contributed by atoms with van der Waals surface area (Å²) in [6, 6.07) is 10.8. The molecular formula is C22H23F3N6O2. The highest BCUT2D eigenvalue weighted by molar-refractivity contribution is 5.95. The molecule has 33 heavy (non-hydrogen) atoms. The van der Waals surface area contributed by atoms with E-state index in [0.29, 0.717) is 30.9 Å². The molecular weight excluding hydrogens is 437 g/mol. The second kappa shape index (κ2) is 9.18. The summed E-state index contributed by atoms with van der Waals surface area (Å²) in [5.41, 5.74) is 0.650. The van der Waals surface area contributed by atoms with Gasteiger partial charge in [0.1, 0.15) is 0 Å². The van der Waals surface area contributed by atoms with Crippen molar-refractivity contribution in [2.45, 2.75) is 19.6 Å². The van der Waals surface area contributed by atoms with E-state index in [1.165, 1.54) is 29.7 Å². The van der Waals surface area contributed by atoms with Crippen molar-refractivity contribution >= 4 is 5.91 Å². The third kappa shape index (κ3) is 4.98. The number of amides is 1. The van der Waals surface area contributed by atoms with E-state index >= 15 is 0 Å². The van der Waals surface area contributed by atoms with Gasteiger partial charge >= 0.3 is 6.18 Å². The Morgan fingerprint density at radius 3 is 2.45 bits per heavy atom. The SMILES string of the molecule is COc1ccc(-n2ncc(C(=O)N3CCN(Cc4cccc(C)c4)CC3)c2C(F)(F)F)nn1. The lowest BCUT2D eigenvalue weighted by Gasteiger charge is -2.34. The van der Waals surface area contributed by atoms with E-state index in [-0.39, 0.29) is 11.7 Å². The molecule has 0 atom stereocenters. The maximum Gasteiger partial charge on any atom is 0.434 e. The molecule has 4 rings (SSSR count). The van der Waals surface area contributed by atoms with Crippen molar-refractivity contribution in [3.63, 3.8) is 0 Å². The maximum atomic E-state index is 13.9. The highest BCUT2D eigenvalue weighted by Crippen LogP contribution is 2.34. The highest BCUT2D eigenvalue weighted by atomic mass is 19.4. The third-order valence-corrected chi connectivity index (χ3v) is 5.47. The second-order valence-electron chi connectivity index (χ2n) is 7.81. The van der Waals surface area contributed by atoms with Crippen molar-refractivity contribution in [3.05, 3.63) is 65.0 Å². The number of hydrogen-bond acceptors (Lipinski definition) is 6. The average Bonchev–Trinajstić information content (AvgIpc) is 3.25. The molecule has 2 aromatic heterocycles. The predicted molar refractivity (Wildman–Crippen MR) is 113 cm³/mol. The van der Waals surface area contributed by atoms with Crippen LogP contribution in [0, 0.1) is 6.92 Å². The van der Waals surface area contributed by atoms with Gasteiger partial charge in [-0.15, -0.1) is 10.2 Å². The Bertz CT molecular complexity index is 1120. The van der Waals surface area contributed by atoms with E-state index in [0.717, 1.165) is 18.3 Å². The van der Waals surface area contributed by atoms with Crippen LogP contribution in [0.5, 0.6) is 5.88 Å². The van der Waals surface area contributed by atoms with Crippen molar-refractivity contribution in [2.24, 2.45) is 0 Å². The standard InChI is InChI=1S/C22H23F3N6O2/c1-15-4-3-5-16(12-15)14-29-8-10-30(11-9-29)21(32)17-13-26-31(20(17)22(23,24)25)18-6-7-19(33-2)28-27-18/h3-7,12-13H,8-11,14H2,1-2H3. The number of aromatic nitrogens is 4. The molecule has 11 heteroatoms. The number of nitrogens with zero attached hydrogens (tertiary/aromatic N) is 6. The van der Waals surface area contributed by atoms with Crippen LogP contribution < -0.4 is 4.74 Å². The molecule has 1 aromatic carbocycles. The van der Waals surface area contributed by atoms with Crippen molar-refractivity contribution < 1.29 is 22.7 Å². The molecule has 0 unspecified atom stereocenters. The fraction of sp³-hybridized carbons (Fsp3) is 0.364. The summed E-state index contributed by atoms with van der Waals surface area (Å²) < 4.78 is 47.3. The van der Waals surface area contributed by atoms with Gasteiger partial charge < -0.3 is 9.64 Å². The third-order valence-electron chi connectivity index (χ3n) is 5.47.